The fourth-order valence-electron chi connectivity index (χ4n) is 3.09. The lowest BCUT2D eigenvalue weighted by Gasteiger charge is -2.28. The van der Waals surface area contributed by atoms with E-state index in [-0.39, 0.29) is 5.97 Å². The zero-order valence-electron chi connectivity index (χ0n) is 17.1. The second-order valence-electron chi connectivity index (χ2n) is 6.72. The third-order valence-electron chi connectivity index (χ3n) is 4.50. The third-order valence-corrected chi connectivity index (χ3v) is 4.50. The molecular formula is C20H32N5O2+. The molecule has 0 amide bonds. The lowest BCUT2D eigenvalue weighted by atomic mass is 10.0. The first-order valence-electron chi connectivity index (χ1n) is 9.45. The Balaban J connectivity index is 2.23. The van der Waals surface area contributed by atoms with Crippen LogP contribution in [0.25, 0.3) is 0 Å². The molecule has 0 saturated carbocycles. The van der Waals surface area contributed by atoms with Crippen LogP contribution in [-0.2, 0) is 16.0 Å². The molecule has 0 fully saturated rings. The van der Waals surface area contributed by atoms with Crippen molar-refractivity contribution in [1.82, 2.24) is 4.90 Å². The van der Waals surface area contributed by atoms with Crippen LogP contribution < -0.4 is 15.2 Å². The Hall–Kier alpha value is -2.54. The van der Waals surface area contributed by atoms with Crippen LogP contribution in [-0.4, -0.2) is 64.5 Å². The van der Waals surface area contributed by atoms with Gasteiger partial charge in [-0.05, 0) is 43.5 Å². The van der Waals surface area contributed by atoms with Crippen molar-refractivity contribution in [3.63, 3.8) is 0 Å². The summed E-state index contributed by atoms with van der Waals surface area (Å²) >= 11 is 0. The molecule has 0 aromatic heterocycles. The maximum Gasteiger partial charge on any atom is 0.356 e. The number of nitrogens with two attached hydrogens (primary N) is 1. The molecule has 2 rings (SSSR count). The maximum absolute atomic E-state index is 12.4. The van der Waals surface area contributed by atoms with E-state index in [1.807, 2.05) is 49.8 Å². The standard InChI is InChI=1S/C20H31N5O2/c1-6-27-20(26)18(15-23(3)13-11-21-2)22-25(5)17-9-10-19-16(14-17)8-7-12-24(19)4/h9-11,13-14,21H,6-8,12,15H2,1-5H3/p+1/b13-11-,22-18-. The number of aryl methyl sites for hydroxylation is 1. The number of carbonyl (C=O) groups is 1. The molecule has 0 aliphatic carbocycles. The van der Waals surface area contributed by atoms with Crippen LogP contribution in [0.1, 0.15) is 18.9 Å². The van der Waals surface area contributed by atoms with E-state index in [0.29, 0.717) is 18.9 Å². The predicted octanol–water partition coefficient (Wildman–Crippen LogP) is 1.02. The van der Waals surface area contributed by atoms with Crippen LogP contribution >= 0.6 is 0 Å². The summed E-state index contributed by atoms with van der Waals surface area (Å²) in [4.78, 5) is 16.5. The minimum absolute atomic E-state index is 0.328. The van der Waals surface area contributed by atoms with Crippen molar-refractivity contribution >= 4 is 23.1 Å². The van der Waals surface area contributed by atoms with Crippen molar-refractivity contribution < 1.29 is 14.8 Å². The summed E-state index contributed by atoms with van der Waals surface area (Å²) in [6.07, 6.45) is 6.05. The number of hydrogen-bond acceptors (Lipinski definition) is 6. The first kappa shape index (κ1) is 20.8. The van der Waals surface area contributed by atoms with Crippen molar-refractivity contribution in [3.8, 4) is 0 Å². The van der Waals surface area contributed by atoms with Crippen LogP contribution in [0.3, 0.4) is 0 Å². The van der Waals surface area contributed by atoms with Crippen molar-refractivity contribution in [3.05, 3.63) is 36.2 Å². The van der Waals surface area contributed by atoms with E-state index in [4.69, 9.17) is 4.74 Å². The van der Waals surface area contributed by atoms with E-state index in [9.17, 15) is 4.79 Å². The third kappa shape index (κ3) is 5.72. The van der Waals surface area contributed by atoms with Gasteiger partial charge in [-0.2, -0.15) is 5.10 Å². The van der Waals surface area contributed by atoms with Gasteiger partial charge >= 0.3 is 5.97 Å². The first-order valence-corrected chi connectivity index (χ1v) is 9.45. The van der Waals surface area contributed by atoms with E-state index in [1.165, 1.54) is 11.3 Å². The van der Waals surface area contributed by atoms with Gasteiger partial charge in [0, 0.05) is 33.4 Å². The minimum Gasteiger partial charge on any atom is -0.461 e. The monoisotopic (exact) mass is 374 g/mol. The highest BCUT2D eigenvalue weighted by atomic mass is 16.5. The van der Waals surface area contributed by atoms with E-state index in [1.54, 1.807) is 11.9 Å². The molecule has 1 heterocycles. The van der Waals surface area contributed by atoms with Crippen molar-refractivity contribution in [2.45, 2.75) is 19.8 Å². The number of nitrogens with zero attached hydrogens (tertiary/aromatic N) is 4. The highest BCUT2D eigenvalue weighted by Crippen LogP contribution is 2.29. The summed E-state index contributed by atoms with van der Waals surface area (Å²) in [5.74, 6) is -0.386. The normalized spacial score (nSPS) is 14.3. The second-order valence-corrected chi connectivity index (χ2v) is 6.72. The predicted molar refractivity (Wildman–Crippen MR) is 110 cm³/mol. The summed E-state index contributed by atoms with van der Waals surface area (Å²) in [6, 6.07) is 6.33. The number of rotatable bonds is 8. The Labute approximate surface area is 162 Å². The SMILES string of the molecule is CCOC(=O)/C(CN(C)/C=C\[NH2+]C)=N\N(C)c1ccc2c(c1)CCCN2C. The Morgan fingerprint density at radius 1 is 1.41 bits per heavy atom. The lowest BCUT2D eigenvalue weighted by molar-refractivity contribution is -0.557. The van der Waals surface area contributed by atoms with Crippen molar-refractivity contribution in [2.75, 3.05) is 57.8 Å². The number of ether oxygens (including phenoxy) is 1. The van der Waals surface area contributed by atoms with Gasteiger partial charge in [0.2, 0.25) is 0 Å². The average Bonchev–Trinajstić information content (AvgIpc) is 2.65. The molecule has 2 N–H and O–H groups in total. The molecule has 1 aliphatic heterocycles. The number of benzene rings is 1. The molecule has 0 unspecified atom stereocenters. The molecule has 0 bridgehead atoms. The Kier molecular flexibility index (Phi) is 7.67. The van der Waals surface area contributed by atoms with Gasteiger partial charge < -0.3 is 19.9 Å². The Morgan fingerprint density at radius 3 is 2.89 bits per heavy atom. The van der Waals surface area contributed by atoms with Crippen LogP contribution in [0.5, 0.6) is 0 Å². The number of hydrazone groups is 1. The molecule has 0 radical (unpaired) electrons. The number of esters is 1. The largest absolute Gasteiger partial charge is 0.461 e. The minimum atomic E-state index is -0.386. The summed E-state index contributed by atoms with van der Waals surface area (Å²) in [7, 11) is 7.84. The van der Waals surface area contributed by atoms with Gasteiger partial charge in [-0.1, -0.05) is 0 Å². The second kappa shape index (κ2) is 9.97. The molecule has 1 aromatic carbocycles. The maximum atomic E-state index is 12.4. The lowest BCUT2D eigenvalue weighted by Crippen LogP contribution is -2.72. The first-order chi connectivity index (χ1) is 13.0. The number of fused-ring (bicyclic) bond motifs is 1. The number of quaternary nitrogens is 1. The van der Waals surface area contributed by atoms with E-state index < -0.39 is 0 Å². The molecule has 1 aromatic rings. The summed E-state index contributed by atoms with van der Waals surface area (Å²) < 4.78 is 5.19. The topological polar surface area (TPSA) is 65.0 Å². The molecular weight excluding hydrogens is 342 g/mol. The smallest absolute Gasteiger partial charge is 0.356 e. The van der Waals surface area contributed by atoms with E-state index in [2.05, 4.69) is 29.2 Å². The number of hydrogen-bond donors (Lipinski definition) is 1. The highest BCUT2D eigenvalue weighted by Gasteiger charge is 2.18. The molecule has 7 heteroatoms. The van der Waals surface area contributed by atoms with E-state index >= 15 is 0 Å². The zero-order valence-corrected chi connectivity index (χ0v) is 17.1. The van der Waals surface area contributed by atoms with Gasteiger partial charge in [0.05, 0.1) is 32.1 Å². The molecule has 148 valence electrons. The molecule has 1 aliphatic rings. The van der Waals surface area contributed by atoms with Crippen LogP contribution in [0.15, 0.2) is 35.7 Å². The molecule has 7 nitrogen and oxygen atoms in total. The van der Waals surface area contributed by atoms with Crippen LogP contribution in [0.4, 0.5) is 11.4 Å². The van der Waals surface area contributed by atoms with Gasteiger partial charge in [-0.25, -0.2) is 4.79 Å². The van der Waals surface area contributed by atoms with Gasteiger partial charge in [-0.3, -0.25) is 5.01 Å². The Bertz CT molecular complexity index is 702. The van der Waals surface area contributed by atoms with Crippen molar-refractivity contribution in [2.24, 2.45) is 5.10 Å². The van der Waals surface area contributed by atoms with Crippen LogP contribution in [0, 0.1) is 0 Å². The summed E-state index contributed by atoms with van der Waals surface area (Å²) in [5.41, 5.74) is 3.93. The fourth-order valence-corrected chi connectivity index (χ4v) is 3.09. The zero-order chi connectivity index (χ0) is 19.8. The van der Waals surface area contributed by atoms with Gasteiger partial charge in [0.25, 0.3) is 0 Å². The molecule has 0 atom stereocenters. The number of anilines is 2. The Morgan fingerprint density at radius 2 is 2.19 bits per heavy atom. The van der Waals surface area contributed by atoms with E-state index in [0.717, 1.165) is 25.1 Å². The van der Waals surface area contributed by atoms with Gasteiger partial charge in [0.1, 0.15) is 6.20 Å². The quantitative estimate of drug-likeness (QED) is 0.418. The van der Waals surface area contributed by atoms with Crippen molar-refractivity contribution in [1.29, 1.82) is 0 Å². The fraction of sp³-hybridized carbons (Fsp3) is 0.500. The van der Waals surface area contributed by atoms with Crippen LogP contribution in [0.2, 0.25) is 0 Å². The van der Waals surface area contributed by atoms with Gasteiger partial charge in [0.15, 0.2) is 5.71 Å². The average molecular weight is 375 g/mol. The van der Waals surface area contributed by atoms with Gasteiger partial charge in [-0.15, -0.1) is 0 Å². The molecule has 0 spiro atoms. The summed E-state index contributed by atoms with van der Waals surface area (Å²) in [5, 5.41) is 8.25. The number of carbonyl (C=O) groups excluding carboxylic acids is 1. The highest BCUT2D eigenvalue weighted by molar-refractivity contribution is 6.37. The molecule has 0 saturated heterocycles. The summed E-state index contributed by atoms with van der Waals surface area (Å²) in [6.45, 7) is 3.59. The molecule has 27 heavy (non-hydrogen) atoms.